The van der Waals surface area contributed by atoms with Crippen molar-refractivity contribution in [2.75, 3.05) is 6.61 Å². The molecule has 6 heteroatoms. The number of aliphatic hydroxyl groups excluding tert-OH is 1. The Kier molecular flexibility index (Phi) is 3.88. The fraction of sp³-hybridized carbons (Fsp3) is 0.0952. The number of esters is 1. The zero-order chi connectivity index (χ0) is 19.1. The first-order valence-corrected chi connectivity index (χ1v) is 8.40. The van der Waals surface area contributed by atoms with Crippen molar-refractivity contribution in [3.63, 3.8) is 0 Å². The number of pyridine rings is 1. The average molecular weight is 361 g/mol. The lowest BCUT2D eigenvalue weighted by atomic mass is 10.0. The van der Waals surface area contributed by atoms with E-state index >= 15 is 0 Å². The van der Waals surface area contributed by atoms with E-state index in [0.717, 1.165) is 0 Å². The van der Waals surface area contributed by atoms with Crippen LogP contribution in [0, 0.1) is 0 Å². The van der Waals surface area contributed by atoms with Crippen molar-refractivity contribution >= 4 is 34.0 Å². The summed E-state index contributed by atoms with van der Waals surface area (Å²) >= 11 is 0. The number of aromatic hydroxyl groups is 1. The summed E-state index contributed by atoms with van der Waals surface area (Å²) in [6, 6.07) is 13.0. The normalized spacial score (nSPS) is 13.1. The van der Waals surface area contributed by atoms with Crippen LogP contribution in [-0.4, -0.2) is 33.6 Å². The molecule has 2 aromatic carbocycles. The fourth-order valence-corrected chi connectivity index (χ4v) is 3.17. The van der Waals surface area contributed by atoms with Gasteiger partial charge in [-0.05, 0) is 37.3 Å². The topological polar surface area (TPSA) is 96.7 Å². The molecular weight excluding hydrogens is 346 g/mol. The summed E-state index contributed by atoms with van der Waals surface area (Å²) in [6.45, 7) is 1.91. The smallest absolute Gasteiger partial charge is 0.338 e. The number of carbonyl (C=O) groups excluding carboxylic acids is 2. The number of allylic oxidation sites excluding steroid dienone is 1. The highest BCUT2D eigenvalue weighted by molar-refractivity contribution is 6.39. The van der Waals surface area contributed by atoms with Crippen LogP contribution in [-0.2, 0) is 4.74 Å². The summed E-state index contributed by atoms with van der Waals surface area (Å²) in [5, 5.41) is 21.7. The number of hydrogen-bond acceptors (Lipinski definition) is 6. The van der Waals surface area contributed by atoms with E-state index in [0.29, 0.717) is 10.9 Å². The van der Waals surface area contributed by atoms with Gasteiger partial charge in [-0.3, -0.25) is 4.79 Å². The van der Waals surface area contributed by atoms with Gasteiger partial charge in [0.05, 0.1) is 23.3 Å². The van der Waals surface area contributed by atoms with E-state index < -0.39 is 11.8 Å². The molecule has 0 atom stereocenters. The number of nitrogens with zero attached hydrogens (tertiary/aromatic N) is 1. The summed E-state index contributed by atoms with van der Waals surface area (Å²) in [7, 11) is 0. The van der Waals surface area contributed by atoms with Gasteiger partial charge in [0.1, 0.15) is 17.2 Å². The third-order valence-corrected chi connectivity index (χ3v) is 4.43. The number of aromatic nitrogens is 1. The number of rotatable bonds is 3. The standard InChI is InChI=1S/C21H15NO5/c1-2-27-21(26)12-7-8-13-14(9-12)20(25)17(19(13)24)18-16(23)10-11-5-3-4-6-15(11)22-18/h3-10,23-24H,2H2,1H3. The van der Waals surface area contributed by atoms with E-state index in [1.54, 1.807) is 25.1 Å². The van der Waals surface area contributed by atoms with Crippen LogP contribution in [0.3, 0.4) is 0 Å². The molecule has 3 aromatic rings. The lowest BCUT2D eigenvalue weighted by molar-refractivity contribution is 0.0526. The first kappa shape index (κ1) is 16.8. The number of para-hydroxylation sites is 1. The maximum atomic E-state index is 12.9. The Morgan fingerprint density at radius 1 is 1.07 bits per heavy atom. The first-order valence-electron chi connectivity index (χ1n) is 8.40. The van der Waals surface area contributed by atoms with Crippen molar-refractivity contribution in [2.24, 2.45) is 0 Å². The Bertz CT molecular complexity index is 1150. The van der Waals surface area contributed by atoms with Crippen molar-refractivity contribution < 1.29 is 24.5 Å². The lowest BCUT2D eigenvalue weighted by Gasteiger charge is -2.07. The van der Waals surface area contributed by atoms with Crippen LogP contribution in [0.5, 0.6) is 5.75 Å². The van der Waals surface area contributed by atoms with Crippen molar-refractivity contribution in [3.05, 3.63) is 70.9 Å². The maximum Gasteiger partial charge on any atom is 0.338 e. The second-order valence-corrected chi connectivity index (χ2v) is 6.08. The van der Waals surface area contributed by atoms with Gasteiger partial charge in [0.15, 0.2) is 5.78 Å². The van der Waals surface area contributed by atoms with Crippen LogP contribution < -0.4 is 0 Å². The molecule has 0 spiro atoms. The number of carbonyl (C=O) groups is 2. The van der Waals surface area contributed by atoms with Crippen LogP contribution in [0.2, 0.25) is 0 Å². The zero-order valence-corrected chi connectivity index (χ0v) is 14.4. The van der Waals surface area contributed by atoms with Gasteiger partial charge in [-0.1, -0.05) is 18.2 Å². The molecule has 134 valence electrons. The highest BCUT2D eigenvalue weighted by Crippen LogP contribution is 2.40. The first-order chi connectivity index (χ1) is 13.0. The van der Waals surface area contributed by atoms with E-state index in [-0.39, 0.29) is 46.1 Å². The van der Waals surface area contributed by atoms with Crippen LogP contribution in [0.4, 0.5) is 0 Å². The summed E-state index contributed by atoms with van der Waals surface area (Å²) in [4.78, 5) is 29.2. The SMILES string of the molecule is CCOC(=O)c1ccc2c(c1)C(=O)C(c1nc3ccccc3cc1O)=C2O. The quantitative estimate of drug-likeness (QED) is 0.690. The molecule has 1 aromatic heterocycles. The third kappa shape index (κ3) is 2.62. The molecule has 0 unspecified atom stereocenters. The number of ketones is 1. The Morgan fingerprint density at radius 2 is 1.85 bits per heavy atom. The van der Waals surface area contributed by atoms with Gasteiger partial charge in [-0.25, -0.2) is 9.78 Å². The van der Waals surface area contributed by atoms with Crippen molar-refractivity contribution in [3.8, 4) is 5.75 Å². The third-order valence-electron chi connectivity index (χ3n) is 4.43. The predicted octanol–water partition coefficient (Wildman–Crippen LogP) is 3.74. The van der Waals surface area contributed by atoms with Crippen molar-refractivity contribution in [1.82, 2.24) is 4.98 Å². The Balaban J connectivity index is 1.83. The average Bonchev–Trinajstić information content (AvgIpc) is 2.91. The Labute approximate surface area is 154 Å². The monoisotopic (exact) mass is 361 g/mol. The number of benzene rings is 2. The Hall–Kier alpha value is -3.67. The van der Waals surface area contributed by atoms with Crippen LogP contribution in [0.1, 0.15) is 38.9 Å². The largest absolute Gasteiger partial charge is 0.506 e. The second kappa shape index (κ2) is 6.25. The molecule has 0 saturated heterocycles. The second-order valence-electron chi connectivity index (χ2n) is 6.08. The molecule has 1 aliphatic carbocycles. The molecule has 0 radical (unpaired) electrons. The number of fused-ring (bicyclic) bond motifs is 2. The fourth-order valence-electron chi connectivity index (χ4n) is 3.17. The minimum Gasteiger partial charge on any atom is -0.506 e. The van der Waals surface area contributed by atoms with Gasteiger partial charge in [-0.2, -0.15) is 0 Å². The van der Waals surface area contributed by atoms with Crippen LogP contribution >= 0.6 is 0 Å². The number of ether oxygens (including phenoxy) is 1. The highest BCUT2D eigenvalue weighted by atomic mass is 16.5. The molecule has 1 heterocycles. The van der Waals surface area contributed by atoms with Gasteiger partial charge in [-0.15, -0.1) is 0 Å². The minimum atomic E-state index is -0.548. The number of aliphatic hydroxyl groups is 1. The summed E-state index contributed by atoms with van der Waals surface area (Å²) < 4.78 is 4.95. The molecule has 0 fully saturated rings. The van der Waals surface area contributed by atoms with E-state index in [1.165, 1.54) is 24.3 Å². The zero-order valence-electron chi connectivity index (χ0n) is 14.4. The summed E-state index contributed by atoms with van der Waals surface area (Å²) in [6.07, 6.45) is 0. The van der Waals surface area contributed by atoms with Gasteiger partial charge in [0.2, 0.25) is 0 Å². The molecule has 6 nitrogen and oxygen atoms in total. The molecule has 0 bridgehead atoms. The molecule has 4 rings (SSSR count). The van der Waals surface area contributed by atoms with E-state index in [9.17, 15) is 19.8 Å². The van der Waals surface area contributed by atoms with Gasteiger partial charge >= 0.3 is 5.97 Å². The highest BCUT2D eigenvalue weighted by Gasteiger charge is 2.34. The van der Waals surface area contributed by atoms with Gasteiger partial charge in [0, 0.05) is 16.5 Å². The molecule has 1 aliphatic rings. The molecule has 0 aliphatic heterocycles. The minimum absolute atomic E-state index is 0.00471. The van der Waals surface area contributed by atoms with E-state index in [1.807, 2.05) is 6.07 Å². The molecule has 0 amide bonds. The molecule has 27 heavy (non-hydrogen) atoms. The predicted molar refractivity (Wildman–Crippen MR) is 99.6 cm³/mol. The Morgan fingerprint density at radius 3 is 2.63 bits per heavy atom. The molecular formula is C21H15NO5. The maximum absolute atomic E-state index is 12.9. The van der Waals surface area contributed by atoms with Crippen LogP contribution in [0.15, 0.2) is 48.5 Å². The van der Waals surface area contributed by atoms with Crippen molar-refractivity contribution in [2.45, 2.75) is 6.92 Å². The number of hydrogen-bond donors (Lipinski definition) is 2. The van der Waals surface area contributed by atoms with E-state index in [2.05, 4.69) is 4.98 Å². The van der Waals surface area contributed by atoms with Crippen molar-refractivity contribution in [1.29, 1.82) is 0 Å². The molecule has 2 N–H and O–H groups in total. The van der Waals surface area contributed by atoms with Crippen LogP contribution in [0.25, 0.3) is 22.2 Å². The number of Topliss-reactive ketones (excluding diaryl/α,β-unsaturated/α-hetero) is 1. The summed E-state index contributed by atoms with van der Waals surface area (Å²) in [5.41, 5.74) is 1.18. The van der Waals surface area contributed by atoms with Gasteiger partial charge in [0.25, 0.3) is 0 Å². The summed E-state index contributed by atoms with van der Waals surface area (Å²) in [5.74, 6) is -1.54. The van der Waals surface area contributed by atoms with E-state index in [4.69, 9.17) is 4.74 Å². The molecule has 0 saturated carbocycles. The van der Waals surface area contributed by atoms with Gasteiger partial charge < -0.3 is 14.9 Å². The lowest BCUT2D eigenvalue weighted by Crippen LogP contribution is -2.07.